The van der Waals surface area contributed by atoms with E-state index in [0.717, 1.165) is 5.56 Å². The number of halogens is 2. The maximum atomic E-state index is 10.9. The first kappa shape index (κ1) is 14.8. The van der Waals surface area contributed by atoms with Crippen molar-refractivity contribution in [1.82, 2.24) is 0 Å². The van der Waals surface area contributed by atoms with Crippen molar-refractivity contribution >= 4 is 35.4 Å². The molecule has 0 aliphatic carbocycles. The Bertz CT molecular complexity index is 750. The largest absolute Gasteiger partial charge is 0.511 e. The number of fused-ring (bicyclic) bond motifs is 1. The average molecular weight is 337 g/mol. The zero-order valence-corrected chi connectivity index (χ0v) is 12.6. The van der Waals surface area contributed by atoms with E-state index in [1.54, 1.807) is 30.3 Å². The Kier molecular flexibility index (Phi) is 3.96. The van der Waals surface area contributed by atoms with Crippen molar-refractivity contribution < 1.29 is 19.4 Å². The predicted octanol–water partition coefficient (Wildman–Crippen LogP) is 5.16. The van der Waals surface area contributed by atoms with Gasteiger partial charge in [0.1, 0.15) is 5.75 Å². The highest BCUT2D eigenvalue weighted by atomic mass is 35.5. The third-order valence-corrected chi connectivity index (χ3v) is 3.55. The van der Waals surface area contributed by atoms with E-state index in [-0.39, 0.29) is 5.76 Å². The van der Waals surface area contributed by atoms with Gasteiger partial charge in [0.15, 0.2) is 11.9 Å². The molecule has 1 aliphatic rings. The summed E-state index contributed by atoms with van der Waals surface area (Å²) in [6.07, 6.45) is -0.513. The lowest BCUT2D eigenvalue weighted by atomic mass is 10.0. The Balaban J connectivity index is 2.07. The van der Waals surface area contributed by atoms with E-state index < -0.39 is 12.3 Å². The number of hydrogen-bond donors (Lipinski definition) is 1. The summed E-state index contributed by atoms with van der Waals surface area (Å²) in [6.45, 7) is 0. The minimum Gasteiger partial charge on any atom is -0.477 e. The van der Waals surface area contributed by atoms with Crippen LogP contribution in [-0.4, -0.2) is 11.3 Å². The molecule has 2 aromatic rings. The van der Waals surface area contributed by atoms with E-state index in [4.69, 9.17) is 37.8 Å². The molecule has 4 nitrogen and oxygen atoms in total. The summed E-state index contributed by atoms with van der Waals surface area (Å²) < 4.78 is 10.7. The van der Waals surface area contributed by atoms with Crippen molar-refractivity contribution in [3.63, 3.8) is 0 Å². The molecule has 0 bridgehead atoms. The van der Waals surface area contributed by atoms with Crippen molar-refractivity contribution in [1.29, 1.82) is 0 Å². The van der Waals surface area contributed by atoms with Crippen LogP contribution in [0.2, 0.25) is 10.0 Å². The number of ether oxygens (including phenoxy) is 2. The quantitative estimate of drug-likeness (QED) is 0.769. The van der Waals surface area contributed by atoms with Gasteiger partial charge in [-0.15, -0.1) is 0 Å². The van der Waals surface area contributed by atoms with Crippen LogP contribution in [0.5, 0.6) is 5.75 Å². The molecule has 1 N–H and O–H groups in total. The Morgan fingerprint density at radius 1 is 1.14 bits per heavy atom. The maximum absolute atomic E-state index is 10.9. The fourth-order valence-electron chi connectivity index (χ4n) is 2.26. The minimum atomic E-state index is -1.41. The summed E-state index contributed by atoms with van der Waals surface area (Å²) in [7, 11) is 0. The van der Waals surface area contributed by atoms with Crippen LogP contribution in [0.1, 0.15) is 17.2 Å². The lowest BCUT2D eigenvalue weighted by molar-refractivity contribution is 0.0900. The molecule has 0 radical (unpaired) electrons. The first-order chi connectivity index (χ1) is 10.5. The summed E-state index contributed by atoms with van der Waals surface area (Å²) in [5.41, 5.74) is 1.35. The van der Waals surface area contributed by atoms with Gasteiger partial charge >= 0.3 is 6.16 Å². The molecular formula is C16H10Cl2O4. The van der Waals surface area contributed by atoms with Gasteiger partial charge < -0.3 is 14.6 Å². The van der Waals surface area contributed by atoms with Crippen molar-refractivity contribution in [3.8, 4) is 5.75 Å². The first-order valence-corrected chi connectivity index (χ1v) is 7.12. The Hall–Kier alpha value is -2.17. The van der Waals surface area contributed by atoms with E-state index in [1.165, 1.54) is 0 Å². The van der Waals surface area contributed by atoms with Crippen LogP contribution in [0.3, 0.4) is 0 Å². The van der Waals surface area contributed by atoms with Crippen LogP contribution in [0, 0.1) is 0 Å². The molecule has 1 heterocycles. The Morgan fingerprint density at radius 2 is 1.82 bits per heavy atom. The summed E-state index contributed by atoms with van der Waals surface area (Å²) in [5.74, 6) is 0.783. The molecule has 0 saturated carbocycles. The average Bonchev–Trinajstić information content (AvgIpc) is 2.45. The molecule has 3 rings (SSSR count). The van der Waals surface area contributed by atoms with Gasteiger partial charge in [0.05, 0.1) is 0 Å². The second kappa shape index (κ2) is 5.91. The van der Waals surface area contributed by atoms with Gasteiger partial charge in [0.2, 0.25) is 0 Å². The zero-order chi connectivity index (χ0) is 15.7. The number of benzene rings is 2. The highest BCUT2D eigenvalue weighted by Gasteiger charge is 2.28. The van der Waals surface area contributed by atoms with E-state index in [2.05, 4.69) is 0 Å². The van der Waals surface area contributed by atoms with Crippen LogP contribution < -0.4 is 4.74 Å². The molecule has 0 aromatic heterocycles. The monoisotopic (exact) mass is 336 g/mol. The molecule has 1 aliphatic heterocycles. The van der Waals surface area contributed by atoms with Crippen molar-refractivity contribution in [2.75, 3.05) is 0 Å². The van der Waals surface area contributed by atoms with Crippen molar-refractivity contribution in [2.24, 2.45) is 0 Å². The highest BCUT2D eigenvalue weighted by molar-refractivity contribution is 6.34. The number of rotatable bonds is 2. The van der Waals surface area contributed by atoms with E-state index in [1.807, 2.05) is 18.2 Å². The van der Waals surface area contributed by atoms with Crippen LogP contribution in [-0.2, 0) is 4.74 Å². The van der Waals surface area contributed by atoms with Gasteiger partial charge in [-0.25, -0.2) is 4.79 Å². The van der Waals surface area contributed by atoms with Crippen LogP contribution in [0.4, 0.5) is 4.79 Å². The molecule has 0 fully saturated rings. The number of carbonyl (C=O) groups is 1. The van der Waals surface area contributed by atoms with Crippen LogP contribution in [0.15, 0.2) is 48.2 Å². The number of carboxylic acid groups (broad SMARTS) is 1. The van der Waals surface area contributed by atoms with Gasteiger partial charge in [-0.05, 0) is 30.3 Å². The fourth-order valence-corrected chi connectivity index (χ4v) is 2.81. The summed E-state index contributed by atoms with van der Waals surface area (Å²) in [4.78, 5) is 10.9. The van der Waals surface area contributed by atoms with Gasteiger partial charge in [-0.3, -0.25) is 0 Å². The molecular weight excluding hydrogens is 327 g/mol. The van der Waals surface area contributed by atoms with Gasteiger partial charge in [0, 0.05) is 21.2 Å². The first-order valence-electron chi connectivity index (χ1n) is 6.37. The maximum Gasteiger partial charge on any atom is 0.511 e. The molecule has 0 amide bonds. The molecule has 2 aromatic carbocycles. The Labute approximate surface area is 136 Å². The van der Waals surface area contributed by atoms with E-state index >= 15 is 0 Å². The summed E-state index contributed by atoms with van der Waals surface area (Å²) in [6, 6.07) is 12.2. The fraction of sp³-hybridized carbons (Fsp3) is 0.0625. The van der Waals surface area contributed by atoms with Crippen molar-refractivity contribution in [3.05, 3.63) is 69.4 Å². The SMILES string of the molecule is O=C(O)OC1=Cc2ccccc2OC1c1cc(Cl)cc(Cl)c1. The zero-order valence-electron chi connectivity index (χ0n) is 11.1. The van der Waals surface area contributed by atoms with Crippen molar-refractivity contribution in [2.45, 2.75) is 6.10 Å². The van der Waals surface area contributed by atoms with Gasteiger partial charge in [0.25, 0.3) is 0 Å². The number of hydrogen-bond acceptors (Lipinski definition) is 3. The smallest absolute Gasteiger partial charge is 0.477 e. The topological polar surface area (TPSA) is 55.8 Å². The number of para-hydroxylation sites is 1. The van der Waals surface area contributed by atoms with Gasteiger partial charge in [-0.2, -0.15) is 0 Å². The van der Waals surface area contributed by atoms with Crippen LogP contribution in [0.25, 0.3) is 6.08 Å². The lowest BCUT2D eigenvalue weighted by Gasteiger charge is -2.26. The summed E-state index contributed by atoms with van der Waals surface area (Å²) in [5, 5.41) is 9.78. The molecule has 0 saturated heterocycles. The molecule has 1 unspecified atom stereocenters. The molecule has 112 valence electrons. The molecule has 22 heavy (non-hydrogen) atoms. The second-order valence-electron chi connectivity index (χ2n) is 4.65. The highest BCUT2D eigenvalue weighted by Crippen LogP contribution is 2.39. The van der Waals surface area contributed by atoms with E-state index in [9.17, 15) is 4.79 Å². The Morgan fingerprint density at radius 3 is 2.50 bits per heavy atom. The van der Waals surface area contributed by atoms with E-state index in [0.29, 0.717) is 21.4 Å². The van der Waals surface area contributed by atoms with Gasteiger partial charge in [-0.1, -0.05) is 41.4 Å². The van der Waals surface area contributed by atoms with Crippen LogP contribution >= 0.6 is 23.2 Å². The summed E-state index contributed by atoms with van der Waals surface area (Å²) >= 11 is 12.0. The molecule has 0 spiro atoms. The normalized spacial score (nSPS) is 16.3. The third-order valence-electron chi connectivity index (χ3n) is 3.11. The molecule has 1 atom stereocenters. The predicted molar refractivity (Wildman–Crippen MR) is 83.4 cm³/mol. The standard InChI is InChI=1S/C16H10Cl2O4/c17-11-5-10(6-12(18)8-11)15-14(22-16(19)20)7-9-3-1-2-4-13(9)21-15/h1-8,15H,(H,19,20). The molecule has 6 heteroatoms. The lowest BCUT2D eigenvalue weighted by Crippen LogP contribution is -2.18. The third kappa shape index (κ3) is 3.03. The minimum absolute atomic E-state index is 0.157. The second-order valence-corrected chi connectivity index (χ2v) is 5.53.